The number of hydrogen-bond donors (Lipinski definition) is 0. The molecule has 1 amide bonds. The van der Waals surface area contributed by atoms with Gasteiger partial charge in [-0.05, 0) is 38.8 Å². The Hall–Kier alpha value is -2.08. The van der Waals surface area contributed by atoms with Crippen molar-refractivity contribution in [2.45, 2.75) is 32.7 Å². The molecule has 6 nitrogen and oxygen atoms in total. The van der Waals surface area contributed by atoms with Crippen LogP contribution in [-0.4, -0.2) is 40.5 Å². The Labute approximate surface area is 152 Å². The first-order valence-corrected chi connectivity index (χ1v) is 8.85. The maximum absolute atomic E-state index is 12.8. The fraction of sp³-hybridized carbons (Fsp3) is 0.500. The quantitative estimate of drug-likeness (QED) is 0.758. The van der Waals surface area contributed by atoms with Gasteiger partial charge in [-0.3, -0.25) is 4.79 Å². The minimum absolute atomic E-state index is 0.0196. The lowest BCUT2D eigenvalue weighted by molar-refractivity contribution is -0.140. The highest BCUT2D eigenvalue weighted by molar-refractivity contribution is 6.19. The molecule has 0 bridgehead atoms. The van der Waals surface area contributed by atoms with E-state index in [1.54, 1.807) is 7.11 Å². The molecular formula is C18H22ClN3O3. The number of ether oxygens (including phenoxy) is 1. The maximum atomic E-state index is 12.8. The van der Waals surface area contributed by atoms with Crippen LogP contribution in [0.4, 0.5) is 0 Å². The summed E-state index contributed by atoms with van der Waals surface area (Å²) in [7, 11) is 1.61. The summed E-state index contributed by atoms with van der Waals surface area (Å²) < 4.78 is 10.7. The number of aromatic nitrogens is 2. The number of rotatable bonds is 5. The summed E-state index contributed by atoms with van der Waals surface area (Å²) >= 11 is 5.96. The highest BCUT2D eigenvalue weighted by Crippen LogP contribution is 2.36. The molecule has 134 valence electrons. The molecule has 1 unspecified atom stereocenters. The van der Waals surface area contributed by atoms with Crippen molar-refractivity contribution >= 4 is 17.5 Å². The fourth-order valence-electron chi connectivity index (χ4n) is 2.96. The Morgan fingerprint density at radius 3 is 3.00 bits per heavy atom. The molecule has 2 aromatic rings. The van der Waals surface area contributed by atoms with Crippen LogP contribution < -0.4 is 4.74 Å². The van der Waals surface area contributed by atoms with Crippen LogP contribution >= 0.6 is 11.6 Å². The van der Waals surface area contributed by atoms with E-state index in [4.69, 9.17) is 20.9 Å². The van der Waals surface area contributed by atoms with E-state index in [0.717, 1.165) is 24.2 Å². The second kappa shape index (κ2) is 7.04. The van der Waals surface area contributed by atoms with Gasteiger partial charge in [-0.2, -0.15) is 4.98 Å². The Kier molecular flexibility index (Phi) is 4.99. The fourth-order valence-corrected chi connectivity index (χ4v) is 3.08. The van der Waals surface area contributed by atoms with E-state index >= 15 is 0 Å². The zero-order valence-corrected chi connectivity index (χ0v) is 15.4. The van der Waals surface area contributed by atoms with E-state index in [-0.39, 0.29) is 17.8 Å². The van der Waals surface area contributed by atoms with Gasteiger partial charge in [0, 0.05) is 18.0 Å². The van der Waals surface area contributed by atoms with Crippen LogP contribution in [0, 0.1) is 5.41 Å². The van der Waals surface area contributed by atoms with Crippen molar-refractivity contribution in [3.05, 3.63) is 30.2 Å². The van der Waals surface area contributed by atoms with Crippen molar-refractivity contribution < 1.29 is 14.1 Å². The second-order valence-electron chi connectivity index (χ2n) is 6.86. The molecule has 0 radical (unpaired) electrons. The van der Waals surface area contributed by atoms with Crippen LogP contribution in [0.15, 0.2) is 28.8 Å². The van der Waals surface area contributed by atoms with Crippen LogP contribution in [0.2, 0.25) is 0 Å². The van der Waals surface area contributed by atoms with Crippen molar-refractivity contribution in [3.8, 4) is 17.1 Å². The molecule has 1 aromatic carbocycles. The number of halogens is 1. The average Bonchev–Trinajstić information content (AvgIpc) is 3.30. The van der Waals surface area contributed by atoms with Crippen LogP contribution in [0.3, 0.4) is 0 Å². The van der Waals surface area contributed by atoms with Gasteiger partial charge in [0.25, 0.3) is 0 Å². The third-order valence-corrected chi connectivity index (χ3v) is 5.15. The number of carbonyl (C=O) groups is 1. The van der Waals surface area contributed by atoms with Gasteiger partial charge in [-0.25, -0.2) is 0 Å². The predicted octanol–water partition coefficient (Wildman–Crippen LogP) is 3.67. The Bertz CT molecular complexity index is 760. The molecule has 1 saturated heterocycles. The SMILES string of the molecule is COc1cccc(-c2noc(C3CCCN3C(=O)C(C)(C)CCl)n2)c1. The summed E-state index contributed by atoms with van der Waals surface area (Å²) in [6.07, 6.45) is 1.72. The Balaban J connectivity index is 1.85. The van der Waals surface area contributed by atoms with Crippen molar-refractivity contribution in [3.63, 3.8) is 0 Å². The van der Waals surface area contributed by atoms with Crippen molar-refractivity contribution in [1.29, 1.82) is 0 Å². The first-order chi connectivity index (χ1) is 12.0. The van der Waals surface area contributed by atoms with Crippen molar-refractivity contribution in [2.24, 2.45) is 5.41 Å². The van der Waals surface area contributed by atoms with Gasteiger partial charge in [-0.15, -0.1) is 11.6 Å². The molecule has 1 aliphatic heterocycles. The molecule has 0 N–H and O–H groups in total. The van der Waals surface area contributed by atoms with E-state index in [1.165, 1.54) is 0 Å². The lowest BCUT2D eigenvalue weighted by atomic mass is 9.94. The topological polar surface area (TPSA) is 68.5 Å². The number of likely N-dealkylation sites (tertiary alicyclic amines) is 1. The number of alkyl halides is 1. The Morgan fingerprint density at radius 1 is 1.48 bits per heavy atom. The van der Waals surface area contributed by atoms with Crippen molar-refractivity contribution in [1.82, 2.24) is 15.0 Å². The van der Waals surface area contributed by atoms with Crippen molar-refractivity contribution in [2.75, 3.05) is 19.5 Å². The van der Waals surface area contributed by atoms with E-state index in [1.807, 2.05) is 43.0 Å². The minimum atomic E-state index is -0.611. The van der Waals surface area contributed by atoms with E-state index < -0.39 is 5.41 Å². The summed E-state index contributed by atoms with van der Waals surface area (Å²) in [4.78, 5) is 19.1. The summed E-state index contributed by atoms with van der Waals surface area (Å²) in [5, 5.41) is 4.08. The second-order valence-corrected chi connectivity index (χ2v) is 7.13. The lowest BCUT2D eigenvalue weighted by Gasteiger charge is -2.30. The largest absolute Gasteiger partial charge is 0.497 e. The average molecular weight is 364 g/mol. The number of nitrogens with zero attached hydrogens (tertiary/aromatic N) is 3. The molecule has 7 heteroatoms. The van der Waals surface area contributed by atoms with Gasteiger partial charge in [0.1, 0.15) is 11.8 Å². The van der Waals surface area contributed by atoms with Gasteiger partial charge in [0.2, 0.25) is 17.6 Å². The summed E-state index contributed by atoms with van der Waals surface area (Å²) in [5.41, 5.74) is 0.200. The number of benzene rings is 1. The first kappa shape index (κ1) is 17.7. The molecule has 0 aliphatic carbocycles. The number of methoxy groups -OCH3 is 1. The molecule has 1 fully saturated rings. The zero-order valence-electron chi connectivity index (χ0n) is 14.7. The van der Waals surface area contributed by atoms with Gasteiger partial charge in [-0.1, -0.05) is 17.3 Å². The first-order valence-electron chi connectivity index (χ1n) is 8.31. The highest BCUT2D eigenvalue weighted by atomic mass is 35.5. The molecule has 1 aromatic heterocycles. The minimum Gasteiger partial charge on any atom is -0.497 e. The molecule has 1 aliphatic rings. The Morgan fingerprint density at radius 2 is 2.28 bits per heavy atom. The molecule has 0 spiro atoms. The maximum Gasteiger partial charge on any atom is 0.249 e. The van der Waals surface area contributed by atoms with E-state index in [9.17, 15) is 4.79 Å². The molecule has 3 rings (SSSR count). The molecule has 25 heavy (non-hydrogen) atoms. The smallest absolute Gasteiger partial charge is 0.249 e. The molecule has 1 atom stereocenters. The monoisotopic (exact) mass is 363 g/mol. The normalized spacial score (nSPS) is 17.8. The number of amides is 1. The van der Waals surface area contributed by atoms with E-state index in [2.05, 4.69) is 10.1 Å². The summed E-state index contributed by atoms with van der Waals surface area (Å²) in [5.74, 6) is 1.98. The third kappa shape index (κ3) is 3.49. The molecule has 2 heterocycles. The van der Waals surface area contributed by atoms with Gasteiger partial charge in [0.15, 0.2) is 0 Å². The number of hydrogen-bond acceptors (Lipinski definition) is 5. The van der Waals surface area contributed by atoms with Crippen LogP contribution in [-0.2, 0) is 4.79 Å². The predicted molar refractivity (Wildman–Crippen MR) is 94.5 cm³/mol. The standard InChI is InChI=1S/C18H22ClN3O3/c1-18(2,11-19)17(23)22-9-5-8-14(22)16-20-15(21-25-16)12-6-4-7-13(10-12)24-3/h4,6-7,10,14H,5,8-9,11H2,1-3H3. The van der Waals surface area contributed by atoms with Crippen LogP contribution in [0.1, 0.15) is 38.6 Å². The van der Waals surface area contributed by atoms with Crippen LogP contribution in [0.5, 0.6) is 5.75 Å². The number of carbonyl (C=O) groups excluding carboxylic acids is 1. The van der Waals surface area contributed by atoms with E-state index in [0.29, 0.717) is 18.3 Å². The van der Waals surface area contributed by atoms with Gasteiger partial charge >= 0.3 is 0 Å². The molecule has 0 saturated carbocycles. The van der Waals surface area contributed by atoms with Crippen LogP contribution in [0.25, 0.3) is 11.4 Å². The summed E-state index contributed by atoms with van der Waals surface area (Å²) in [6, 6.07) is 7.28. The highest BCUT2D eigenvalue weighted by Gasteiger charge is 2.40. The van der Waals surface area contributed by atoms with Gasteiger partial charge in [0.05, 0.1) is 12.5 Å². The summed E-state index contributed by atoms with van der Waals surface area (Å²) in [6.45, 7) is 4.39. The lowest BCUT2D eigenvalue weighted by Crippen LogP contribution is -2.41. The molecular weight excluding hydrogens is 342 g/mol. The van der Waals surface area contributed by atoms with Gasteiger partial charge < -0.3 is 14.2 Å². The third-order valence-electron chi connectivity index (χ3n) is 4.48. The zero-order chi connectivity index (χ0) is 18.0.